The number of anilines is 2. The predicted octanol–water partition coefficient (Wildman–Crippen LogP) is 5.10. The van der Waals surface area contributed by atoms with Gasteiger partial charge in [0, 0.05) is 18.0 Å². The van der Waals surface area contributed by atoms with Crippen molar-refractivity contribution >= 4 is 22.7 Å². The zero-order valence-electron chi connectivity index (χ0n) is 21.9. The van der Waals surface area contributed by atoms with Gasteiger partial charge in [0.1, 0.15) is 6.61 Å². The van der Waals surface area contributed by atoms with Gasteiger partial charge in [0.05, 0.1) is 35.8 Å². The molecule has 1 aliphatic rings. The number of hydrogen-bond donors (Lipinski definition) is 3. The average molecular weight is 507 g/mol. The number of benzene rings is 3. The molecule has 2 atom stereocenters. The number of nitrogens with two attached hydrogens (primary N) is 2. The summed E-state index contributed by atoms with van der Waals surface area (Å²) in [5.41, 5.74) is 20.1. The first-order valence-corrected chi connectivity index (χ1v) is 13.6. The van der Waals surface area contributed by atoms with Gasteiger partial charge in [0.2, 0.25) is 4.90 Å². The van der Waals surface area contributed by atoms with Crippen LogP contribution in [0, 0.1) is 13.8 Å². The van der Waals surface area contributed by atoms with E-state index in [2.05, 4.69) is 64.2 Å². The van der Waals surface area contributed by atoms with Gasteiger partial charge in [-0.25, -0.2) is 0 Å². The van der Waals surface area contributed by atoms with Crippen LogP contribution in [0.3, 0.4) is 0 Å². The summed E-state index contributed by atoms with van der Waals surface area (Å²) in [5.74, 6) is 0.636. The van der Waals surface area contributed by atoms with Crippen LogP contribution < -0.4 is 21.5 Å². The highest BCUT2D eigenvalue weighted by atomic mass is 32.2. The van der Waals surface area contributed by atoms with Crippen molar-refractivity contribution in [2.75, 3.05) is 30.7 Å². The smallest absolute Gasteiger partial charge is 0.215 e. The lowest BCUT2D eigenvalue weighted by molar-refractivity contribution is 0.278. The number of rotatable bonds is 7. The minimum atomic E-state index is -1.30. The van der Waals surface area contributed by atoms with E-state index >= 15 is 0 Å². The van der Waals surface area contributed by atoms with Crippen LogP contribution in [-0.4, -0.2) is 34.1 Å². The molecule has 3 aromatic rings. The highest BCUT2D eigenvalue weighted by molar-refractivity contribution is 7.89. The predicted molar refractivity (Wildman–Crippen MR) is 150 cm³/mol. The third-order valence-corrected chi connectivity index (χ3v) is 8.40. The largest absolute Gasteiger partial charge is 0.593 e. The molecular formula is C29H38N4O2S. The maximum Gasteiger partial charge on any atom is 0.215 e. The van der Waals surface area contributed by atoms with E-state index in [4.69, 9.17) is 16.2 Å². The minimum absolute atomic E-state index is 0.0616. The van der Waals surface area contributed by atoms with Gasteiger partial charge in [0.25, 0.3) is 0 Å². The molecule has 0 bridgehead atoms. The highest BCUT2D eigenvalue weighted by Gasteiger charge is 2.33. The van der Waals surface area contributed by atoms with Crippen molar-refractivity contribution < 1.29 is 9.29 Å². The molecule has 0 amide bonds. The van der Waals surface area contributed by atoms with E-state index in [1.54, 1.807) is 0 Å². The van der Waals surface area contributed by atoms with Crippen LogP contribution in [0.2, 0.25) is 0 Å². The van der Waals surface area contributed by atoms with Gasteiger partial charge in [-0.05, 0) is 80.6 Å². The fraction of sp³-hybridized carbons (Fsp3) is 0.379. The van der Waals surface area contributed by atoms with Gasteiger partial charge in [-0.2, -0.15) is 0 Å². The monoisotopic (exact) mass is 506 g/mol. The molecule has 0 radical (unpaired) electrons. The molecule has 192 valence electrons. The molecule has 0 fully saturated rings. The van der Waals surface area contributed by atoms with Crippen molar-refractivity contribution in [2.45, 2.75) is 57.5 Å². The molecule has 0 aliphatic carbocycles. The van der Waals surface area contributed by atoms with Gasteiger partial charge in [-0.3, -0.25) is 0 Å². The first-order valence-electron chi connectivity index (χ1n) is 12.5. The Morgan fingerprint density at radius 2 is 1.89 bits per heavy atom. The van der Waals surface area contributed by atoms with E-state index in [0.717, 1.165) is 50.6 Å². The van der Waals surface area contributed by atoms with Crippen molar-refractivity contribution in [3.63, 3.8) is 0 Å². The van der Waals surface area contributed by atoms with Gasteiger partial charge in [-0.1, -0.05) is 36.4 Å². The molecule has 4 rings (SSSR count). The summed E-state index contributed by atoms with van der Waals surface area (Å²) >= 11 is -1.30. The van der Waals surface area contributed by atoms with Crippen molar-refractivity contribution in [1.29, 1.82) is 0 Å². The second-order valence-electron chi connectivity index (χ2n) is 10.1. The quantitative estimate of drug-likeness (QED) is 0.304. The summed E-state index contributed by atoms with van der Waals surface area (Å²) < 4.78 is 21.3. The number of fused-ring (bicyclic) bond motifs is 1. The van der Waals surface area contributed by atoms with Crippen LogP contribution in [0.15, 0.2) is 59.5 Å². The zero-order chi connectivity index (χ0) is 26.0. The Kier molecular flexibility index (Phi) is 7.85. The molecule has 0 saturated carbocycles. The Hall–Kier alpha value is -2.71. The highest BCUT2D eigenvalue weighted by Crippen LogP contribution is 2.40. The van der Waals surface area contributed by atoms with E-state index in [-0.39, 0.29) is 5.92 Å². The molecule has 0 saturated heterocycles. The number of nitrogens with zero attached hydrogens (tertiary/aromatic N) is 1. The lowest BCUT2D eigenvalue weighted by Crippen LogP contribution is -2.40. The molecule has 0 aromatic heterocycles. The number of nitrogen functional groups attached to an aromatic ring is 1. The number of para-hydroxylation sites is 1. The first kappa shape index (κ1) is 26.4. The summed E-state index contributed by atoms with van der Waals surface area (Å²) in [5, 5.41) is 3.34. The summed E-state index contributed by atoms with van der Waals surface area (Å²) in [6.45, 7) is 12.8. The molecule has 1 aliphatic heterocycles. The van der Waals surface area contributed by atoms with Gasteiger partial charge in [-0.15, -0.1) is 4.31 Å². The second-order valence-corrected chi connectivity index (χ2v) is 11.6. The van der Waals surface area contributed by atoms with E-state index in [1.165, 1.54) is 0 Å². The van der Waals surface area contributed by atoms with Crippen LogP contribution in [-0.2, 0) is 17.9 Å². The first-order chi connectivity index (χ1) is 17.1. The third kappa shape index (κ3) is 5.34. The third-order valence-electron chi connectivity index (χ3n) is 6.90. The summed E-state index contributed by atoms with van der Waals surface area (Å²) in [7, 11) is 0. The summed E-state index contributed by atoms with van der Waals surface area (Å²) in [6, 6.07) is 18.3. The second kappa shape index (κ2) is 10.7. The standard InChI is InChI=1S/C29H38N4O2S/c1-6-32-24-14-13-23(20(3)28(24)30)27(29(4,5)31)21-12-11-19(2)22(17-21)18-33-15-16-35-25-9-7-8-10-26(25)36(33)34/h7-14,17,27,32H,6,15-16,18,30-31H2,1-5H3. The molecule has 0 spiro atoms. The fourth-order valence-electron chi connectivity index (χ4n) is 4.97. The van der Waals surface area contributed by atoms with Crippen LogP contribution in [0.4, 0.5) is 11.4 Å². The van der Waals surface area contributed by atoms with Crippen LogP contribution in [0.1, 0.15) is 54.5 Å². The Balaban J connectivity index is 1.71. The molecule has 7 heteroatoms. The van der Waals surface area contributed by atoms with E-state index in [9.17, 15) is 4.55 Å². The Morgan fingerprint density at radius 3 is 2.61 bits per heavy atom. The Morgan fingerprint density at radius 1 is 1.14 bits per heavy atom. The normalized spacial score (nSPS) is 17.1. The molecular weight excluding hydrogens is 468 g/mol. The topological polar surface area (TPSA) is 99.6 Å². The van der Waals surface area contributed by atoms with Crippen LogP contribution >= 0.6 is 0 Å². The van der Waals surface area contributed by atoms with Crippen molar-refractivity contribution in [3.05, 3.63) is 82.4 Å². The fourth-order valence-corrected chi connectivity index (χ4v) is 6.24. The zero-order valence-corrected chi connectivity index (χ0v) is 22.7. The van der Waals surface area contributed by atoms with Crippen LogP contribution in [0.25, 0.3) is 0 Å². The molecule has 36 heavy (non-hydrogen) atoms. The van der Waals surface area contributed by atoms with Crippen molar-refractivity contribution in [3.8, 4) is 5.75 Å². The van der Waals surface area contributed by atoms with E-state index in [0.29, 0.717) is 25.4 Å². The van der Waals surface area contributed by atoms with Gasteiger partial charge in [0.15, 0.2) is 5.75 Å². The lowest BCUT2D eigenvalue weighted by Gasteiger charge is -2.34. The molecule has 6 nitrogen and oxygen atoms in total. The van der Waals surface area contributed by atoms with Gasteiger partial charge < -0.3 is 26.1 Å². The molecule has 1 heterocycles. The molecule has 2 unspecified atom stereocenters. The summed E-state index contributed by atoms with van der Waals surface area (Å²) in [6.07, 6.45) is 0. The molecule has 5 N–H and O–H groups in total. The number of aryl methyl sites for hydroxylation is 1. The maximum absolute atomic E-state index is 13.4. The van der Waals surface area contributed by atoms with E-state index in [1.807, 2.05) is 34.6 Å². The van der Waals surface area contributed by atoms with Crippen LogP contribution in [0.5, 0.6) is 5.75 Å². The van der Waals surface area contributed by atoms with Crippen molar-refractivity contribution in [1.82, 2.24) is 4.31 Å². The Labute approximate surface area is 218 Å². The summed E-state index contributed by atoms with van der Waals surface area (Å²) in [4.78, 5) is 0.719. The SMILES string of the molecule is CCNc1ccc(C(c2ccc(C)c(CN3CCOc4ccccc4[S+]3[O-])c2)C(C)(C)N)c(C)c1N. The maximum atomic E-state index is 13.4. The Bertz CT molecular complexity index is 1220. The minimum Gasteiger partial charge on any atom is -0.593 e. The lowest BCUT2D eigenvalue weighted by atomic mass is 9.75. The number of ether oxygens (including phenoxy) is 1. The van der Waals surface area contributed by atoms with Gasteiger partial charge >= 0.3 is 0 Å². The average Bonchev–Trinajstić information content (AvgIpc) is 2.99. The number of hydrogen-bond acceptors (Lipinski definition) is 6. The van der Waals surface area contributed by atoms with E-state index < -0.39 is 16.9 Å². The molecule has 3 aromatic carbocycles. The number of nitrogens with one attached hydrogen (secondary N) is 1. The van der Waals surface area contributed by atoms with Crippen molar-refractivity contribution in [2.24, 2.45) is 5.73 Å².